The molecule has 0 aliphatic rings. The third-order valence-electron chi connectivity index (χ3n) is 3.34. The van der Waals surface area contributed by atoms with E-state index in [4.69, 9.17) is 27.9 Å². The average Bonchev–Trinajstić information content (AvgIpc) is 3.03. The van der Waals surface area contributed by atoms with Crippen LogP contribution in [0.25, 0.3) is 11.3 Å². The number of hydrogen-bond acceptors (Lipinski definition) is 4. The van der Waals surface area contributed by atoms with E-state index in [1.165, 1.54) is 11.3 Å². The molecule has 0 unspecified atom stereocenters. The number of nitrogens with zero attached hydrogens (tertiary/aromatic N) is 1. The third kappa shape index (κ3) is 4.31. The zero-order valence-electron chi connectivity index (χ0n) is 13.3. The Hall–Kier alpha value is -2.08. The number of benzene rings is 2. The van der Waals surface area contributed by atoms with Gasteiger partial charge in [0.25, 0.3) is 5.91 Å². The number of hydrogen-bond donors (Lipinski definition) is 1. The van der Waals surface area contributed by atoms with Crippen LogP contribution in [0.3, 0.4) is 0 Å². The summed E-state index contributed by atoms with van der Waals surface area (Å²) >= 11 is 13.4. The first-order valence-corrected chi connectivity index (χ1v) is 9.15. The summed E-state index contributed by atoms with van der Waals surface area (Å²) in [7, 11) is 0. The molecule has 1 N–H and O–H groups in total. The molecule has 2 aromatic carbocycles. The Morgan fingerprint density at radius 1 is 1.24 bits per heavy atom. The number of carbonyl (C=O) groups is 1. The lowest BCUT2D eigenvalue weighted by molar-refractivity contribution is 0.102. The second kappa shape index (κ2) is 7.87. The van der Waals surface area contributed by atoms with Crippen LogP contribution in [0.15, 0.2) is 47.8 Å². The SMILES string of the molecule is CCOc1cccc(C(=O)Nc2nc(-c3ccc(Cl)cc3Cl)cs2)c1. The van der Waals surface area contributed by atoms with Gasteiger partial charge in [0.1, 0.15) is 5.75 Å². The summed E-state index contributed by atoms with van der Waals surface area (Å²) in [6.45, 7) is 2.44. The highest BCUT2D eigenvalue weighted by molar-refractivity contribution is 7.14. The molecule has 0 atom stereocenters. The van der Waals surface area contributed by atoms with Crippen LogP contribution in [0, 0.1) is 0 Å². The van der Waals surface area contributed by atoms with Crippen molar-refractivity contribution in [3.63, 3.8) is 0 Å². The first-order chi connectivity index (χ1) is 12.1. The number of nitrogens with one attached hydrogen (secondary N) is 1. The van der Waals surface area contributed by atoms with Crippen LogP contribution in [-0.4, -0.2) is 17.5 Å². The molecule has 0 saturated carbocycles. The van der Waals surface area contributed by atoms with E-state index < -0.39 is 0 Å². The molecule has 0 saturated heterocycles. The molecule has 4 nitrogen and oxygen atoms in total. The lowest BCUT2D eigenvalue weighted by atomic mass is 10.2. The number of aromatic nitrogens is 1. The van der Waals surface area contributed by atoms with Crippen LogP contribution in [0.5, 0.6) is 5.75 Å². The van der Waals surface area contributed by atoms with Gasteiger partial charge in [-0.2, -0.15) is 0 Å². The first-order valence-electron chi connectivity index (χ1n) is 7.52. The monoisotopic (exact) mass is 392 g/mol. The summed E-state index contributed by atoms with van der Waals surface area (Å²) in [5, 5.41) is 6.20. The Balaban J connectivity index is 1.77. The van der Waals surface area contributed by atoms with E-state index in [0.717, 1.165) is 5.56 Å². The number of thiazole rings is 1. The van der Waals surface area contributed by atoms with Crippen molar-refractivity contribution in [2.24, 2.45) is 0 Å². The summed E-state index contributed by atoms with van der Waals surface area (Å²) in [5.74, 6) is 0.410. The minimum atomic E-state index is -0.246. The van der Waals surface area contributed by atoms with Crippen LogP contribution in [-0.2, 0) is 0 Å². The van der Waals surface area contributed by atoms with Crippen LogP contribution in [0.2, 0.25) is 10.0 Å². The van der Waals surface area contributed by atoms with Crippen molar-refractivity contribution in [2.75, 3.05) is 11.9 Å². The Bertz CT molecular complexity index is 912. The zero-order valence-corrected chi connectivity index (χ0v) is 15.6. The number of rotatable bonds is 5. The fraction of sp³-hybridized carbons (Fsp3) is 0.111. The molecule has 0 fully saturated rings. The van der Waals surface area contributed by atoms with Crippen molar-refractivity contribution in [3.8, 4) is 17.0 Å². The highest BCUT2D eigenvalue weighted by Crippen LogP contribution is 2.32. The lowest BCUT2D eigenvalue weighted by Gasteiger charge is -2.06. The molecular formula is C18H14Cl2N2O2S. The van der Waals surface area contributed by atoms with Crippen LogP contribution in [0.1, 0.15) is 17.3 Å². The van der Waals surface area contributed by atoms with Crippen molar-refractivity contribution >= 4 is 45.6 Å². The van der Waals surface area contributed by atoms with Gasteiger partial charge in [-0.15, -0.1) is 11.3 Å². The molecule has 0 aliphatic heterocycles. The van der Waals surface area contributed by atoms with E-state index in [1.807, 2.05) is 18.4 Å². The summed E-state index contributed by atoms with van der Waals surface area (Å²) in [4.78, 5) is 16.8. The van der Waals surface area contributed by atoms with E-state index in [1.54, 1.807) is 36.4 Å². The van der Waals surface area contributed by atoms with Crippen molar-refractivity contribution in [1.29, 1.82) is 0 Å². The topological polar surface area (TPSA) is 51.2 Å². The highest BCUT2D eigenvalue weighted by atomic mass is 35.5. The predicted molar refractivity (Wildman–Crippen MR) is 103 cm³/mol. The molecule has 0 spiro atoms. The Morgan fingerprint density at radius 2 is 2.08 bits per heavy atom. The number of halogens is 2. The smallest absolute Gasteiger partial charge is 0.257 e. The van der Waals surface area contributed by atoms with Crippen molar-refractivity contribution < 1.29 is 9.53 Å². The zero-order chi connectivity index (χ0) is 17.8. The van der Waals surface area contributed by atoms with E-state index >= 15 is 0 Å². The minimum Gasteiger partial charge on any atom is -0.494 e. The average molecular weight is 393 g/mol. The molecule has 1 aromatic heterocycles. The van der Waals surface area contributed by atoms with E-state index in [2.05, 4.69) is 10.3 Å². The molecule has 25 heavy (non-hydrogen) atoms. The summed E-state index contributed by atoms with van der Waals surface area (Å²) in [6.07, 6.45) is 0. The lowest BCUT2D eigenvalue weighted by Crippen LogP contribution is -2.11. The molecule has 3 aromatic rings. The third-order valence-corrected chi connectivity index (χ3v) is 4.64. The van der Waals surface area contributed by atoms with Gasteiger partial charge in [0.05, 0.1) is 17.3 Å². The fourth-order valence-electron chi connectivity index (χ4n) is 2.22. The van der Waals surface area contributed by atoms with Crippen molar-refractivity contribution in [3.05, 3.63) is 63.5 Å². The summed E-state index contributed by atoms with van der Waals surface area (Å²) in [5.41, 5.74) is 1.96. The van der Waals surface area contributed by atoms with Gasteiger partial charge in [0.2, 0.25) is 0 Å². The van der Waals surface area contributed by atoms with Crippen molar-refractivity contribution in [2.45, 2.75) is 6.92 Å². The van der Waals surface area contributed by atoms with Gasteiger partial charge in [-0.3, -0.25) is 10.1 Å². The Labute approximate surface area is 159 Å². The van der Waals surface area contributed by atoms with Gasteiger partial charge in [-0.1, -0.05) is 29.3 Å². The quantitative estimate of drug-likeness (QED) is 0.599. The normalized spacial score (nSPS) is 10.5. The molecule has 3 rings (SSSR count). The largest absolute Gasteiger partial charge is 0.494 e. The second-order valence-corrected chi connectivity index (χ2v) is 6.78. The van der Waals surface area contributed by atoms with Gasteiger partial charge in [0, 0.05) is 21.5 Å². The van der Waals surface area contributed by atoms with Crippen LogP contribution in [0.4, 0.5) is 5.13 Å². The Kier molecular flexibility index (Phi) is 5.58. The number of amides is 1. The molecule has 0 aliphatic carbocycles. The molecule has 1 amide bonds. The maximum atomic E-state index is 12.4. The molecule has 0 radical (unpaired) electrons. The standard InChI is InChI=1S/C18H14Cl2N2O2S/c1-2-24-13-5-3-4-11(8-13)17(23)22-18-21-16(10-25-18)14-7-6-12(19)9-15(14)20/h3-10H,2H2,1H3,(H,21,22,23). The second-order valence-electron chi connectivity index (χ2n) is 5.08. The van der Waals surface area contributed by atoms with Crippen LogP contribution >= 0.6 is 34.5 Å². The summed E-state index contributed by atoms with van der Waals surface area (Å²) < 4.78 is 5.41. The molecular weight excluding hydrogens is 379 g/mol. The first kappa shape index (κ1) is 17.7. The molecule has 128 valence electrons. The maximum absolute atomic E-state index is 12.4. The van der Waals surface area contributed by atoms with Crippen LogP contribution < -0.4 is 10.1 Å². The van der Waals surface area contributed by atoms with Gasteiger partial charge in [-0.25, -0.2) is 4.98 Å². The van der Waals surface area contributed by atoms with Crippen molar-refractivity contribution in [1.82, 2.24) is 4.98 Å². The van der Waals surface area contributed by atoms with Gasteiger partial charge in [0.15, 0.2) is 5.13 Å². The Morgan fingerprint density at radius 3 is 2.84 bits per heavy atom. The van der Waals surface area contributed by atoms with Gasteiger partial charge in [-0.05, 0) is 43.3 Å². The number of carbonyl (C=O) groups excluding carboxylic acids is 1. The summed E-state index contributed by atoms with van der Waals surface area (Å²) in [6, 6.07) is 12.2. The maximum Gasteiger partial charge on any atom is 0.257 e. The van der Waals surface area contributed by atoms with E-state index in [0.29, 0.717) is 38.8 Å². The van der Waals surface area contributed by atoms with Gasteiger partial charge >= 0.3 is 0 Å². The fourth-order valence-corrected chi connectivity index (χ4v) is 3.43. The highest BCUT2D eigenvalue weighted by Gasteiger charge is 2.12. The van der Waals surface area contributed by atoms with E-state index in [-0.39, 0.29) is 5.91 Å². The number of anilines is 1. The minimum absolute atomic E-state index is 0.246. The number of ether oxygens (including phenoxy) is 1. The molecule has 1 heterocycles. The predicted octanol–water partition coefficient (Wildman–Crippen LogP) is 5.77. The molecule has 7 heteroatoms. The van der Waals surface area contributed by atoms with Gasteiger partial charge < -0.3 is 4.74 Å². The van der Waals surface area contributed by atoms with E-state index in [9.17, 15) is 4.79 Å². The molecule has 0 bridgehead atoms.